The summed E-state index contributed by atoms with van der Waals surface area (Å²) in [6, 6.07) is 15.5. The van der Waals surface area contributed by atoms with Gasteiger partial charge in [-0.2, -0.15) is 0 Å². The van der Waals surface area contributed by atoms with E-state index in [2.05, 4.69) is 44.8 Å². The minimum absolute atomic E-state index is 0. The molecule has 2 aromatic carbocycles. The first-order valence-electron chi connectivity index (χ1n) is 9.80. The molecular weight excluding hydrogens is 482 g/mol. The molecule has 1 saturated heterocycles. The lowest BCUT2D eigenvalue weighted by Gasteiger charge is -2.26. The number of ether oxygens (including phenoxy) is 1. The molecule has 7 heteroatoms. The molecule has 1 aliphatic heterocycles. The summed E-state index contributed by atoms with van der Waals surface area (Å²) in [7, 11) is 1.74. The molecule has 2 aromatic rings. The molecule has 0 aromatic heterocycles. The Labute approximate surface area is 189 Å². The standard InChI is InChI=1S/C22H29FN4O.HI/c1-24-22(25-11-10-20-4-2-3-5-21(20)23)26-16-18-6-8-19(9-7-18)17-27-12-14-28-15-13-27;/h2-9H,10-17H2,1H3,(H2,24,25,26);1H. The topological polar surface area (TPSA) is 48.9 Å². The largest absolute Gasteiger partial charge is 0.379 e. The van der Waals surface area contributed by atoms with E-state index in [1.165, 1.54) is 17.2 Å². The second-order valence-electron chi connectivity index (χ2n) is 6.90. The minimum atomic E-state index is -0.163. The van der Waals surface area contributed by atoms with E-state index in [4.69, 9.17) is 4.74 Å². The number of nitrogens with one attached hydrogen (secondary N) is 2. The van der Waals surface area contributed by atoms with Crippen molar-refractivity contribution in [3.05, 3.63) is 71.0 Å². The molecule has 0 aliphatic carbocycles. The summed E-state index contributed by atoms with van der Waals surface area (Å²) in [5.41, 5.74) is 3.22. The average molecular weight is 512 g/mol. The summed E-state index contributed by atoms with van der Waals surface area (Å²) in [6.07, 6.45) is 0.615. The molecule has 0 saturated carbocycles. The van der Waals surface area contributed by atoms with Gasteiger partial charge in [-0.3, -0.25) is 9.89 Å². The van der Waals surface area contributed by atoms with E-state index in [-0.39, 0.29) is 29.8 Å². The molecule has 158 valence electrons. The molecule has 1 heterocycles. The number of morpholine rings is 1. The van der Waals surface area contributed by atoms with E-state index in [0.29, 0.717) is 31.0 Å². The third-order valence-corrected chi connectivity index (χ3v) is 4.86. The van der Waals surface area contributed by atoms with Gasteiger partial charge in [-0.1, -0.05) is 42.5 Å². The summed E-state index contributed by atoms with van der Waals surface area (Å²) < 4.78 is 19.1. The molecule has 1 fully saturated rings. The van der Waals surface area contributed by atoms with Crippen LogP contribution in [-0.2, 0) is 24.2 Å². The van der Waals surface area contributed by atoms with Gasteiger partial charge in [0.15, 0.2) is 5.96 Å². The first-order chi connectivity index (χ1) is 13.7. The number of benzene rings is 2. The predicted molar refractivity (Wildman–Crippen MR) is 126 cm³/mol. The van der Waals surface area contributed by atoms with Gasteiger partial charge < -0.3 is 15.4 Å². The van der Waals surface area contributed by atoms with Gasteiger partial charge in [-0.05, 0) is 29.2 Å². The SMILES string of the molecule is CN=C(NCCc1ccccc1F)NCc1ccc(CN2CCOCC2)cc1.I. The fourth-order valence-corrected chi connectivity index (χ4v) is 3.20. The highest BCUT2D eigenvalue weighted by molar-refractivity contribution is 14.0. The Morgan fingerprint density at radius 2 is 1.72 bits per heavy atom. The Kier molecular flexibility index (Phi) is 10.4. The lowest BCUT2D eigenvalue weighted by Crippen LogP contribution is -2.38. The van der Waals surface area contributed by atoms with Crippen LogP contribution in [0.5, 0.6) is 0 Å². The number of nitrogens with zero attached hydrogens (tertiary/aromatic N) is 2. The molecule has 0 spiro atoms. The maximum absolute atomic E-state index is 13.7. The molecule has 0 amide bonds. The Morgan fingerprint density at radius 1 is 1.03 bits per heavy atom. The Morgan fingerprint density at radius 3 is 2.41 bits per heavy atom. The number of halogens is 2. The van der Waals surface area contributed by atoms with Gasteiger partial charge in [-0.15, -0.1) is 24.0 Å². The Balaban J connectivity index is 0.00000300. The van der Waals surface area contributed by atoms with Gasteiger partial charge in [0.05, 0.1) is 13.2 Å². The Hall–Kier alpha value is -1.71. The van der Waals surface area contributed by atoms with E-state index in [9.17, 15) is 4.39 Å². The van der Waals surface area contributed by atoms with Crippen molar-refractivity contribution in [2.45, 2.75) is 19.5 Å². The van der Waals surface area contributed by atoms with E-state index in [1.807, 2.05) is 12.1 Å². The first kappa shape index (κ1) is 23.6. The maximum Gasteiger partial charge on any atom is 0.191 e. The van der Waals surface area contributed by atoms with Crippen LogP contribution in [-0.4, -0.2) is 50.8 Å². The van der Waals surface area contributed by atoms with Crippen molar-refractivity contribution in [2.75, 3.05) is 39.9 Å². The summed E-state index contributed by atoms with van der Waals surface area (Å²) in [5, 5.41) is 6.54. The van der Waals surface area contributed by atoms with Crippen molar-refractivity contribution < 1.29 is 9.13 Å². The van der Waals surface area contributed by atoms with E-state index in [1.54, 1.807) is 13.1 Å². The normalized spacial score (nSPS) is 14.9. The van der Waals surface area contributed by atoms with Crippen LogP contribution in [0.25, 0.3) is 0 Å². The third kappa shape index (κ3) is 7.91. The van der Waals surface area contributed by atoms with Crippen molar-refractivity contribution in [3.63, 3.8) is 0 Å². The van der Waals surface area contributed by atoms with E-state index >= 15 is 0 Å². The number of rotatable bonds is 7. The van der Waals surface area contributed by atoms with Crippen LogP contribution < -0.4 is 10.6 Å². The monoisotopic (exact) mass is 512 g/mol. The second-order valence-corrected chi connectivity index (χ2v) is 6.90. The van der Waals surface area contributed by atoms with Gasteiger partial charge in [-0.25, -0.2) is 4.39 Å². The summed E-state index contributed by atoms with van der Waals surface area (Å²) in [5.74, 6) is 0.554. The molecule has 5 nitrogen and oxygen atoms in total. The zero-order valence-electron chi connectivity index (χ0n) is 16.9. The van der Waals surface area contributed by atoms with Crippen LogP contribution >= 0.6 is 24.0 Å². The maximum atomic E-state index is 13.7. The lowest BCUT2D eigenvalue weighted by atomic mass is 10.1. The average Bonchev–Trinajstić information content (AvgIpc) is 2.73. The highest BCUT2D eigenvalue weighted by Crippen LogP contribution is 2.09. The number of guanidine groups is 1. The summed E-state index contributed by atoms with van der Waals surface area (Å²) in [6.45, 7) is 5.93. The fourth-order valence-electron chi connectivity index (χ4n) is 3.20. The lowest BCUT2D eigenvalue weighted by molar-refractivity contribution is 0.0342. The van der Waals surface area contributed by atoms with Crippen molar-refractivity contribution in [2.24, 2.45) is 4.99 Å². The summed E-state index contributed by atoms with van der Waals surface area (Å²) >= 11 is 0. The smallest absolute Gasteiger partial charge is 0.191 e. The van der Waals surface area contributed by atoms with Crippen LogP contribution in [0.1, 0.15) is 16.7 Å². The molecule has 29 heavy (non-hydrogen) atoms. The molecule has 0 unspecified atom stereocenters. The zero-order valence-corrected chi connectivity index (χ0v) is 19.2. The van der Waals surface area contributed by atoms with E-state index < -0.39 is 0 Å². The van der Waals surface area contributed by atoms with Gasteiger partial charge in [0.2, 0.25) is 0 Å². The number of hydrogen-bond donors (Lipinski definition) is 2. The fraction of sp³-hybridized carbons (Fsp3) is 0.409. The van der Waals surface area contributed by atoms with Crippen LogP contribution in [0.15, 0.2) is 53.5 Å². The quantitative estimate of drug-likeness (QED) is 0.340. The van der Waals surface area contributed by atoms with Gasteiger partial charge in [0, 0.05) is 39.8 Å². The Bertz CT molecular complexity index is 764. The zero-order chi connectivity index (χ0) is 19.6. The molecule has 0 atom stereocenters. The van der Waals surface area contributed by atoms with Crippen molar-refractivity contribution in [3.8, 4) is 0 Å². The number of aliphatic imine (C=N–C) groups is 1. The minimum Gasteiger partial charge on any atom is -0.379 e. The van der Waals surface area contributed by atoms with Gasteiger partial charge in [0.1, 0.15) is 5.82 Å². The predicted octanol–water partition coefficient (Wildman–Crippen LogP) is 3.18. The van der Waals surface area contributed by atoms with E-state index in [0.717, 1.165) is 32.8 Å². The summed E-state index contributed by atoms with van der Waals surface area (Å²) in [4.78, 5) is 6.65. The molecule has 1 aliphatic rings. The molecule has 0 bridgehead atoms. The third-order valence-electron chi connectivity index (χ3n) is 4.86. The van der Waals surface area contributed by atoms with Crippen molar-refractivity contribution in [1.82, 2.24) is 15.5 Å². The van der Waals surface area contributed by atoms with Gasteiger partial charge >= 0.3 is 0 Å². The second kappa shape index (κ2) is 12.8. The van der Waals surface area contributed by atoms with Crippen LogP contribution in [0.4, 0.5) is 4.39 Å². The van der Waals surface area contributed by atoms with Crippen LogP contribution in [0, 0.1) is 5.82 Å². The number of hydrogen-bond acceptors (Lipinski definition) is 3. The van der Waals surface area contributed by atoms with Crippen LogP contribution in [0.3, 0.4) is 0 Å². The first-order valence-corrected chi connectivity index (χ1v) is 9.80. The van der Waals surface area contributed by atoms with Gasteiger partial charge in [0.25, 0.3) is 0 Å². The highest BCUT2D eigenvalue weighted by atomic mass is 127. The molecule has 3 rings (SSSR count). The van der Waals surface area contributed by atoms with Crippen molar-refractivity contribution in [1.29, 1.82) is 0 Å². The van der Waals surface area contributed by atoms with Crippen molar-refractivity contribution >= 4 is 29.9 Å². The molecule has 0 radical (unpaired) electrons. The molecular formula is C22H30FIN4O. The molecule has 2 N–H and O–H groups in total. The van der Waals surface area contributed by atoms with Crippen LogP contribution in [0.2, 0.25) is 0 Å². The highest BCUT2D eigenvalue weighted by Gasteiger charge is 2.10.